The second kappa shape index (κ2) is 2.33. The monoisotopic (exact) mass is 96.1 g/mol. The maximum Gasteiger partial charge on any atom is 0.00440 e. The highest BCUT2D eigenvalue weighted by molar-refractivity contribution is 6.04. The maximum atomic E-state index is 5.43. The lowest BCUT2D eigenvalue weighted by Gasteiger charge is -2.36. The van der Waals surface area contributed by atoms with Crippen LogP contribution in [0.25, 0.3) is 0 Å². The van der Waals surface area contributed by atoms with Crippen LogP contribution in [0.4, 0.5) is 0 Å². The van der Waals surface area contributed by atoms with Crippen molar-refractivity contribution in [3.63, 3.8) is 0 Å². The first-order valence-electron chi connectivity index (χ1n) is 2.60. The van der Waals surface area contributed by atoms with Crippen LogP contribution in [0, 0.1) is 0 Å². The van der Waals surface area contributed by atoms with E-state index < -0.39 is 0 Å². The maximum absolute atomic E-state index is 5.43. The molecule has 0 aromatic rings. The van der Waals surface area contributed by atoms with Gasteiger partial charge in [-0.2, -0.15) is 0 Å². The minimum Gasteiger partial charge on any atom is -0.578 e. The van der Waals surface area contributed by atoms with E-state index >= 15 is 0 Å². The Morgan fingerprint density at radius 2 is 1.86 bits per heavy atom. The van der Waals surface area contributed by atoms with E-state index in [1.54, 1.807) is 0 Å². The molecule has 3 heteroatoms. The van der Waals surface area contributed by atoms with E-state index in [0.29, 0.717) is 0 Å². The Kier molecular flexibility index (Phi) is 1.71. The highest BCUT2D eigenvalue weighted by Gasteiger charge is 1.92. The summed E-state index contributed by atoms with van der Waals surface area (Å²) in [5, 5.41) is 3.19. The van der Waals surface area contributed by atoms with Crippen LogP contribution in [0.15, 0.2) is 0 Å². The smallest absolute Gasteiger partial charge is 0.00440 e. The average Bonchev–Trinajstić information content (AvgIpc) is 1.69. The van der Waals surface area contributed by atoms with E-state index in [9.17, 15) is 0 Å². The summed E-state index contributed by atoms with van der Waals surface area (Å²) in [7, 11) is 5.43. The van der Waals surface area contributed by atoms with Crippen LogP contribution < -0.4 is 5.32 Å². The van der Waals surface area contributed by atoms with Gasteiger partial charge in [0.15, 0.2) is 0 Å². The SMILES string of the molecule is [B-]N1CCNCC1. The van der Waals surface area contributed by atoms with E-state index in [0.717, 1.165) is 26.2 Å². The van der Waals surface area contributed by atoms with Gasteiger partial charge < -0.3 is 18.1 Å². The van der Waals surface area contributed by atoms with Gasteiger partial charge in [0, 0.05) is 13.1 Å². The molecule has 7 heavy (non-hydrogen) atoms. The molecular formula is C4H9BN2-. The molecule has 1 heterocycles. The van der Waals surface area contributed by atoms with Crippen LogP contribution in [-0.2, 0) is 0 Å². The molecule has 0 atom stereocenters. The molecule has 0 unspecified atom stereocenters. The molecule has 2 nitrogen and oxygen atoms in total. The first-order chi connectivity index (χ1) is 3.39. The van der Waals surface area contributed by atoms with Crippen LogP contribution in [0.5, 0.6) is 0 Å². The first kappa shape index (κ1) is 5.13. The van der Waals surface area contributed by atoms with E-state index in [1.807, 2.05) is 4.81 Å². The quantitative estimate of drug-likeness (QED) is 0.388. The van der Waals surface area contributed by atoms with Gasteiger partial charge in [-0.25, -0.2) is 0 Å². The molecule has 0 amide bonds. The van der Waals surface area contributed by atoms with Gasteiger partial charge >= 0.3 is 0 Å². The van der Waals surface area contributed by atoms with Crippen LogP contribution >= 0.6 is 0 Å². The number of nitrogens with zero attached hydrogens (tertiary/aromatic N) is 1. The molecule has 0 spiro atoms. The van der Waals surface area contributed by atoms with Crippen molar-refractivity contribution in [1.29, 1.82) is 0 Å². The minimum absolute atomic E-state index is 0.986. The molecule has 1 aliphatic rings. The van der Waals surface area contributed by atoms with Gasteiger partial charge in [0.1, 0.15) is 0 Å². The third-order valence-electron chi connectivity index (χ3n) is 1.15. The molecule has 3 radical (unpaired) electrons. The summed E-state index contributed by atoms with van der Waals surface area (Å²) < 4.78 is 0. The molecule has 0 saturated carbocycles. The fraction of sp³-hybridized carbons (Fsp3) is 1.00. The molecule has 1 saturated heterocycles. The van der Waals surface area contributed by atoms with Gasteiger partial charge in [-0.15, -0.1) is 0 Å². The van der Waals surface area contributed by atoms with Crippen LogP contribution in [-0.4, -0.2) is 39.0 Å². The molecule has 1 N–H and O–H groups in total. The Bertz CT molecular complexity index is 51.7. The number of rotatable bonds is 0. The van der Waals surface area contributed by atoms with Crippen LogP contribution in [0.2, 0.25) is 0 Å². The van der Waals surface area contributed by atoms with Gasteiger partial charge in [-0.3, -0.25) is 0 Å². The number of hydrogen-bond donors (Lipinski definition) is 1. The fourth-order valence-corrected chi connectivity index (χ4v) is 0.682. The van der Waals surface area contributed by atoms with Crippen molar-refractivity contribution in [2.75, 3.05) is 26.2 Å². The van der Waals surface area contributed by atoms with Crippen LogP contribution in [0.3, 0.4) is 0 Å². The van der Waals surface area contributed by atoms with Gasteiger partial charge in [0.25, 0.3) is 0 Å². The van der Waals surface area contributed by atoms with E-state index in [-0.39, 0.29) is 0 Å². The Morgan fingerprint density at radius 1 is 1.29 bits per heavy atom. The zero-order valence-electron chi connectivity index (χ0n) is 4.35. The standard InChI is InChI=1S/C4H9BN2/c5-7-3-1-6-2-4-7/h6H,1-4H2/q-1. The molecule has 1 rings (SSSR count). The van der Waals surface area contributed by atoms with Gasteiger partial charge in [-0.1, -0.05) is 0 Å². The summed E-state index contributed by atoms with van der Waals surface area (Å²) in [6.45, 7) is 4.05. The summed E-state index contributed by atoms with van der Waals surface area (Å²) >= 11 is 0. The summed E-state index contributed by atoms with van der Waals surface area (Å²) in [6.07, 6.45) is 0. The highest BCUT2D eigenvalue weighted by atomic mass is 15.1. The number of piperazine rings is 1. The van der Waals surface area contributed by atoms with Crippen molar-refractivity contribution >= 4 is 7.98 Å². The molecule has 0 aliphatic carbocycles. The van der Waals surface area contributed by atoms with E-state index in [4.69, 9.17) is 7.98 Å². The lowest BCUT2D eigenvalue weighted by molar-refractivity contribution is 0.383. The molecule has 1 aliphatic heterocycles. The lowest BCUT2D eigenvalue weighted by atomic mass is 10.2. The third-order valence-corrected chi connectivity index (χ3v) is 1.15. The van der Waals surface area contributed by atoms with Crippen molar-refractivity contribution in [2.24, 2.45) is 0 Å². The normalized spacial score (nSPS) is 25.3. The van der Waals surface area contributed by atoms with Crippen molar-refractivity contribution in [1.82, 2.24) is 10.1 Å². The predicted molar refractivity (Wildman–Crippen MR) is 30.2 cm³/mol. The van der Waals surface area contributed by atoms with Crippen molar-refractivity contribution in [3.05, 3.63) is 0 Å². The lowest BCUT2D eigenvalue weighted by Crippen LogP contribution is -2.41. The van der Waals surface area contributed by atoms with Crippen molar-refractivity contribution in [3.8, 4) is 0 Å². The number of nitrogens with one attached hydrogen (secondary N) is 1. The summed E-state index contributed by atoms with van der Waals surface area (Å²) in [5.74, 6) is 0. The topological polar surface area (TPSA) is 15.3 Å². The summed E-state index contributed by atoms with van der Waals surface area (Å²) in [6, 6.07) is 0. The Balaban J connectivity index is 2.12. The zero-order chi connectivity index (χ0) is 5.11. The molecule has 0 aromatic heterocycles. The van der Waals surface area contributed by atoms with E-state index in [1.165, 1.54) is 0 Å². The van der Waals surface area contributed by atoms with Gasteiger partial charge in [0.05, 0.1) is 0 Å². The molecule has 0 aromatic carbocycles. The second-order valence-corrected chi connectivity index (χ2v) is 1.79. The van der Waals surface area contributed by atoms with Gasteiger partial charge in [-0.05, 0) is 13.1 Å². The minimum atomic E-state index is 0.986. The number of hydrogen-bond acceptors (Lipinski definition) is 2. The largest absolute Gasteiger partial charge is 0.578 e. The molecular weight excluding hydrogens is 86.9 g/mol. The highest BCUT2D eigenvalue weighted by Crippen LogP contribution is 1.81. The summed E-state index contributed by atoms with van der Waals surface area (Å²) in [4.78, 5) is 1.83. The van der Waals surface area contributed by atoms with Crippen LogP contribution in [0.1, 0.15) is 0 Å². The second-order valence-electron chi connectivity index (χ2n) is 1.79. The van der Waals surface area contributed by atoms with Gasteiger partial charge in [0.2, 0.25) is 0 Å². The Hall–Kier alpha value is -0.0151. The fourth-order valence-electron chi connectivity index (χ4n) is 0.682. The first-order valence-corrected chi connectivity index (χ1v) is 2.60. The Labute approximate surface area is 45.3 Å². The average molecular weight is 95.9 g/mol. The molecule has 39 valence electrons. The van der Waals surface area contributed by atoms with Crippen molar-refractivity contribution in [2.45, 2.75) is 0 Å². The predicted octanol–water partition coefficient (Wildman–Crippen LogP) is -1.02. The zero-order valence-corrected chi connectivity index (χ0v) is 4.35. The Morgan fingerprint density at radius 3 is 2.14 bits per heavy atom. The molecule has 1 fully saturated rings. The molecule has 0 bridgehead atoms. The third kappa shape index (κ3) is 1.49. The van der Waals surface area contributed by atoms with E-state index in [2.05, 4.69) is 5.32 Å². The van der Waals surface area contributed by atoms with Crippen molar-refractivity contribution < 1.29 is 0 Å². The summed E-state index contributed by atoms with van der Waals surface area (Å²) in [5.41, 5.74) is 0.